The SMILES string of the molecule is CN=C(NC1CC1)N1CC(=O)N(C(C)C)C(C)(C)C1.I. The van der Waals surface area contributed by atoms with E-state index in [4.69, 9.17) is 0 Å². The van der Waals surface area contributed by atoms with Gasteiger partial charge in [-0.1, -0.05) is 0 Å². The standard InChI is InChI=1S/C14H26N4O.HI/c1-10(2)18-12(19)8-17(9-14(18,3)4)13(15-5)16-11-6-7-11;/h10-11H,6-9H2,1-5H3,(H,15,16);1H. The van der Waals surface area contributed by atoms with Crippen LogP contribution in [-0.4, -0.2) is 59.4 Å². The monoisotopic (exact) mass is 394 g/mol. The van der Waals surface area contributed by atoms with Crippen molar-refractivity contribution in [1.82, 2.24) is 15.1 Å². The molecule has 5 nitrogen and oxygen atoms in total. The first-order chi connectivity index (χ1) is 8.85. The molecule has 20 heavy (non-hydrogen) atoms. The van der Waals surface area contributed by atoms with E-state index >= 15 is 0 Å². The van der Waals surface area contributed by atoms with Gasteiger partial charge in [0.1, 0.15) is 0 Å². The summed E-state index contributed by atoms with van der Waals surface area (Å²) in [5, 5.41) is 3.42. The molecule has 0 bridgehead atoms. The number of nitrogens with one attached hydrogen (secondary N) is 1. The fourth-order valence-electron chi connectivity index (χ4n) is 3.02. The van der Waals surface area contributed by atoms with Crippen LogP contribution in [0.1, 0.15) is 40.5 Å². The Kier molecular flexibility index (Phi) is 5.69. The molecule has 116 valence electrons. The van der Waals surface area contributed by atoms with Crippen LogP contribution in [0, 0.1) is 0 Å². The lowest BCUT2D eigenvalue weighted by Gasteiger charge is -2.49. The van der Waals surface area contributed by atoms with Gasteiger partial charge in [-0.15, -0.1) is 24.0 Å². The molecule has 2 aliphatic rings. The van der Waals surface area contributed by atoms with Crippen LogP contribution in [0.2, 0.25) is 0 Å². The number of rotatable bonds is 2. The Morgan fingerprint density at radius 1 is 1.40 bits per heavy atom. The maximum absolute atomic E-state index is 12.4. The summed E-state index contributed by atoms with van der Waals surface area (Å²) in [6.07, 6.45) is 2.42. The minimum Gasteiger partial charge on any atom is -0.354 e. The van der Waals surface area contributed by atoms with Crippen molar-refractivity contribution < 1.29 is 4.79 Å². The molecule has 0 atom stereocenters. The topological polar surface area (TPSA) is 47.9 Å². The number of amides is 1. The van der Waals surface area contributed by atoms with Crippen LogP contribution < -0.4 is 5.32 Å². The Hall–Kier alpha value is -0.530. The average Bonchev–Trinajstić information content (AvgIpc) is 3.06. The molecule has 1 saturated carbocycles. The van der Waals surface area contributed by atoms with Crippen molar-refractivity contribution in [3.8, 4) is 0 Å². The van der Waals surface area contributed by atoms with Gasteiger partial charge in [-0.2, -0.15) is 0 Å². The smallest absolute Gasteiger partial charge is 0.242 e. The van der Waals surface area contributed by atoms with Crippen molar-refractivity contribution >= 4 is 35.8 Å². The maximum atomic E-state index is 12.4. The second kappa shape index (κ2) is 6.49. The van der Waals surface area contributed by atoms with Crippen molar-refractivity contribution in [2.75, 3.05) is 20.1 Å². The van der Waals surface area contributed by atoms with Crippen LogP contribution in [-0.2, 0) is 4.79 Å². The van der Waals surface area contributed by atoms with Gasteiger partial charge in [0, 0.05) is 25.7 Å². The van der Waals surface area contributed by atoms with Crippen molar-refractivity contribution in [2.45, 2.75) is 58.2 Å². The van der Waals surface area contributed by atoms with E-state index in [1.165, 1.54) is 12.8 Å². The second-order valence-electron chi connectivity index (χ2n) is 6.49. The number of nitrogens with zero attached hydrogens (tertiary/aromatic N) is 3. The van der Waals surface area contributed by atoms with Gasteiger partial charge in [-0.25, -0.2) is 0 Å². The molecule has 1 saturated heterocycles. The predicted octanol–water partition coefficient (Wildman–Crippen LogP) is 1.67. The van der Waals surface area contributed by atoms with E-state index in [1.54, 1.807) is 7.05 Å². The predicted molar refractivity (Wildman–Crippen MR) is 92.6 cm³/mol. The lowest BCUT2D eigenvalue weighted by atomic mass is 9.96. The van der Waals surface area contributed by atoms with E-state index in [9.17, 15) is 4.79 Å². The number of carbonyl (C=O) groups is 1. The molecule has 0 aromatic rings. The van der Waals surface area contributed by atoms with Crippen LogP contribution in [0.3, 0.4) is 0 Å². The minimum atomic E-state index is -0.162. The molecule has 1 aliphatic carbocycles. The van der Waals surface area contributed by atoms with Crippen LogP contribution in [0.5, 0.6) is 0 Å². The molecule has 6 heteroatoms. The molecule has 0 aromatic carbocycles. The maximum Gasteiger partial charge on any atom is 0.242 e. The molecule has 0 spiro atoms. The summed E-state index contributed by atoms with van der Waals surface area (Å²) < 4.78 is 0. The van der Waals surface area contributed by atoms with Gasteiger partial charge in [-0.3, -0.25) is 9.79 Å². The molecule has 0 aromatic heterocycles. The van der Waals surface area contributed by atoms with Crippen molar-refractivity contribution in [2.24, 2.45) is 4.99 Å². The highest BCUT2D eigenvalue weighted by Crippen LogP contribution is 2.25. The van der Waals surface area contributed by atoms with Gasteiger partial charge in [0.2, 0.25) is 5.91 Å². The van der Waals surface area contributed by atoms with Crippen LogP contribution in [0.25, 0.3) is 0 Å². The zero-order valence-corrected chi connectivity index (χ0v) is 15.5. The van der Waals surface area contributed by atoms with Crippen molar-refractivity contribution in [3.05, 3.63) is 0 Å². The number of halogens is 1. The second-order valence-corrected chi connectivity index (χ2v) is 6.49. The van der Waals surface area contributed by atoms with Crippen LogP contribution >= 0.6 is 24.0 Å². The number of hydrogen-bond acceptors (Lipinski definition) is 2. The molecule has 0 radical (unpaired) electrons. The normalized spacial score (nSPS) is 22.9. The summed E-state index contributed by atoms with van der Waals surface area (Å²) in [6.45, 7) is 9.65. The molecule has 1 N–H and O–H groups in total. The molecular weight excluding hydrogens is 367 g/mol. The Morgan fingerprint density at radius 3 is 2.40 bits per heavy atom. The largest absolute Gasteiger partial charge is 0.354 e. The van der Waals surface area contributed by atoms with Gasteiger partial charge in [0.25, 0.3) is 0 Å². The summed E-state index contributed by atoms with van der Waals surface area (Å²) in [5.74, 6) is 1.05. The van der Waals surface area contributed by atoms with Crippen LogP contribution in [0.15, 0.2) is 4.99 Å². The first-order valence-electron chi connectivity index (χ1n) is 7.15. The summed E-state index contributed by atoms with van der Waals surface area (Å²) >= 11 is 0. The molecular formula is C14H27IN4O. The highest BCUT2D eigenvalue weighted by Gasteiger charge is 2.41. The summed E-state index contributed by atoms with van der Waals surface area (Å²) in [4.78, 5) is 20.8. The fraction of sp³-hybridized carbons (Fsp3) is 0.857. The van der Waals surface area contributed by atoms with E-state index in [-0.39, 0.29) is 41.5 Å². The molecule has 1 amide bonds. The number of carbonyl (C=O) groups excluding carboxylic acids is 1. The third-order valence-electron chi connectivity index (χ3n) is 3.76. The van der Waals surface area contributed by atoms with Crippen LogP contribution in [0.4, 0.5) is 0 Å². The molecule has 2 fully saturated rings. The van der Waals surface area contributed by atoms with E-state index in [0.29, 0.717) is 12.6 Å². The first kappa shape index (κ1) is 17.5. The highest BCUT2D eigenvalue weighted by molar-refractivity contribution is 14.0. The first-order valence-corrected chi connectivity index (χ1v) is 7.15. The van der Waals surface area contributed by atoms with Gasteiger partial charge in [0.05, 0.1) is 12.1 Å². The van der Waals surface area contributed by atoms with Crippen molar-refractivity contribution in [3.63, 3.8) is 0 Å². The summed E-state index contributed by atoms with van der Waals surface area (Å²) in [7, 11) is 1.79. The Morgan fingerprint density at radius 2 is 2.00 bits per heavy atom. The Labute approximate surface area is 139 Å². The highest BCUT2D eigenvalue weighted by atomic mass is 127. The number of guanidine groups is 1. The molecule has 2 rings (SSSR count). The van der Waals surface area contributed by atoms with Gasteiger partial charge < -0.3 is 15.1 Å². The Balaban J connectivity index is 0.00000200. The number of aliphatic imine (C=N–C) groups is 1. The lowest BCUT2D eigenvalue weighted by molar-refractivity contribution is -0.145. The zero-order valence-electron chi connectivity index (χ0n) is 13.1. The third kappa shape index (κ3) is 3.77. The molecule has 1 aliphatic heterocycles. The van der Waals surface area contributed by atoms with Gasteiger partial charge >= 0.3 is 0 Å². The summed E-state index contributed by atoms with van der Waals surface area (Å²) in [6, 6.07) is 0.795. The third-order valence-corrected chi connectivity index (χ3v) is 3.76. The van der Waals surface area contributed by atoms with E-state index in [2.05, 4.69) is 42.9 Å². The lowest BCUT2D eigenvalue weighted by Crippen LogP contribution is -2.66. The van der Waals surface area contributed by atoms with E-state index in [1.807, 2.05) is 4.90 Å². The average molecular weight is 394 g/mol. The van der Waals surface area contributed by atoms with Gasteiger partial charge in [-0.05, 0) is 40.5 Å². The molecule has 1 heterocycles. The molecule has 0 unspecified atom stereocenters. The van der Waals surface area contributed by atoms with E-state index in [0.717, 1.165) is 12.5 Å². The number of piperazine rings is 1. The zero-order chi connectivity index (χ0) is 14.2. The fourth-order valence-corrected chi connectivity index (χ4v) is 3.02. The van der Waals surface area contributed by atoms with Gasteiger partial charge in [0.15, 0.2) is 5.96 Å². The minimum absolute atomic E-state index is 0. The summed E-state index contributed by atoms with van der Waals surface area (Å²) in [5.41, 5.74) is -0.162. The van der Waals surface area contributed by atoms with E-state index < -0.39 is 0 Å². The quantitative estimate of drug-likeness (QED) is 0.441. The number of hydrogen-bond donors (Lipinski definition) is 1. The Bertz CT molecular complexity index is 391. The van der Waals surface area contributed by atoms with Crippen molar-refractivity contribution in [1.29, 1.82) is 0 Å².